The van der Waals surface area contributed by atoms with Crippen molar-refractivity contribution in [1.82, 2.24) is 0 Å². The summed E-state index contributed by atoms with van der Waals surface area (Å²) in [5.74, 6) is -2.04. The van der Waals surface area contributed by atoms with Gasteiger partial charge in [0.2, 0.25) is 0 Å². The molecule has 0 bridgehead atoms. The third kappa shape index (κ3) is 28.2. The minimum atomic E-state index is -4.60. The molecule has 2 unspecified atom stereocenters. The maximum absolute atomic E-state index is 12.7. The molecule has 1 fully saturated rings. The van der Waals surface area contributed by atoms with E-state index in [1.165, 1.54) is 96.3 Å². The predicted octanol–water partition coefficient (Wildman–Crippen LogP) is 8.06. The van der Waals surface area contributed by atoms with Gasteiger partial charge in [0.15, 0.2) is 12.4 Å². The fourth-order valence-electron chi connectivity index (χ4n) is 6.42. The Morgan fingerprint density at radius 2 is 1.11 bits per heavy atom. The van der Waals surface area contributed by atoms with E-state index in [-0.39, 0.29) is 19.4 Å². The number of carbonyl (C=O) groups is 2. The summed E-state index contributed by atoms with van der Waals surface area (Å²) >= 11 is 0. The molecule has 0 aromatic rings. The fraction of sp³-hybridized carbons (Fsp3) is 0.857. The van der Waals surface area contributed by atoms with Crippen molar-refractivity contribution in [3.05, 3.63) is 24.3 Å². The first kappa shape index (κ1) is 51.1. The van der Waals surface area contributed by atoms with Crippen LogP contribution < -0.4 is 0 Å². The monoisotopic (exact) mass is 805 g/mol. The summed E-state index contributed by atoms with van der Waals surface area (Å²) in [6, 6.07) is 0. The number of ether oxygens (including phenoxy) is 4. The Hall–Kier alpha value is -1.87. The Bertz CT molecular complexity index is 1130. The average molecular weight is 805 g/mol. The molecule has 1 heterocycles. The van der Waals surface area contributed by atoms with Gasteiger partial charge in [-0.25, -0.2) is 0 Å². The molecule has 0 radical (unpaired) electrons. The van der Waals surface area contributed by atoms with Crippen LogP contribution in [0.15, 0.2) is 24.3 Å². The Labute approximate surface area is 332 Å². The summed E-state index contributed by atoms with van der Waals surface area (Å²) < 4.78 is 53.8. The van der Waals surface area contributed by atoms with Gasteiger partial charge < -0.3 is 34.3 Å². The average Bonchev–Trinajstić information content (AvgIpc) is 3.14. The Morgan fingerprint density at radius 3 is 1.65 bits per heavy atom. The summed E-state index contributed by atoms with van der Waals surface area (Å²) in [6.45, 7) is 3.70. The van der Waals surface area contributed by atoms with Crippen molar-refractivity contribution < 1.29 is 56.8 Å². The molecule has 13 heteroatoms. The molecule has 1 aliphatic rings. The highest BCUT2D eigenvalue weighted by Crippen LogP contribution is 2.24. The molecule has 6 atom stereocenters. The van der Waals surface area contributed by atoms with E-state index >= 15 is 0 Å². The second kappa shape index (κ2) is 33.1. The maximum atomic E-state index is 12.7. The molecule has 1 rings (SSSR count). The van der Waals surface area contributed by atoms with Gasteiger partial charge in [0, 0.05) is 12.8 Å². The van der Waals surface area contributed by atoms with Gasteiger partial charge >= 0.3 is 11.9 Å². The van der Waals surface area contributed by atoms with Crippen molar-refractivity contribution in [1.29, 1.82) is 0 Å². The van der Waals surface area contributed by atoms with Crippen LogP contribution in [0.1, 0.15) is 174 Å². The topological polar surface area (TPSA) is 186 Å². The van der Waals surface area contributed by atoms with E-state index in [4.69, 9.17) is 18.9 Å². The summed E-state index contributed by atoms with van der Waals surface area (Å²) in [4.78, 5) is 25.3. The number of unbranched alkanes of at least 4 members (excludes halogenated alkanes) is 19. The van der Waals surface area contributed by atoms with Crippen molar-refractivity contribution in [3.63, 3.8) is 0 Å². The number of hydrogen-bond donors (Lipinski definition) is 4. The van der Waals surface area contributed by atoms with Crippen LogP contribution in [0.25, 0.3) is 0 Å². The zero-order valence-electron chi connectivity index (χ0n) is 34.0. The molecular formula is C42H76O12S. The molecule has 12 nitrogen and oxygen atoms in total. The van der Waals surface area contributed by atoms with Crippen LogP contribution in [-0.4, -0.2) is 96.0 Å². The van der Waals surface area contributed by atoms with E-state index < -0.39 is 71.2 Å². The first-order valence-electron chi connectivity index (χ1n) is 21.4. The minimum Gasteiger partial charge on any atom is -0.462 e. The van der Waals surface area contributed by atoms with Gasteiger partial charge in [0.05, 0.1) is 6.61 Å². The summed E-state index contributed by atoms with van der Waals surface area (Å²) in [6.07, 6.45) is 25.3. The standard InChI is InChI=1S/C42H76O12S/c1-3-5-7-9-11-13-15-16-17-18-19-20-21-23-25-27-29-31-38(44)53-35(32-51-37(43)30-28-26-24-22-14-12-10-8-6-4-2)33-52-42-41(47)40(46)39(45)36(54-42)34-55(48,49)50/h19-20,23,25,35-36,39-42,45-47H,3-18,21-22,24,26-34H2,1-2H3,(H,48,49,50)/b20-19+,25-23+/t35-,36-,39-,40?,41?,42+/m1/s1. The first-order valence-corrected chi connectivity index (χ1v) is 23.0. The van der Waals surface area contributed by atoms with Gasteiger partial charge in [-0.05, 0) is 38.5 Å². The van der Waals surface area contributed by atoms with E-state index in [2.05, 4.69) is 32.1 Å². The Morgan fingerprint density at radius 1 is 0.618 bits per heavy atom. The molecule has 0 aromatic carbocycles. The predicted molar refractivity (Wildman–Crippen MR) is 215 cm³/mol. The number of esters is 2. The maximum Gasteiger partial charge on any atom is 0.306 e. The molecule has 1 saturated heterocycles. The lowest BCUT2D eigenvalue weighted by Crippen LogP contribution is -2.60. The van der Waals surface area contributed by atoms with Crippen LogP contribution in [0, 0.1) is 0 Å². The highest BCUT2D eigenvalue weighted by Gasteiger charge is 2.46. The number of allylic oxidation sites excluding steroid dienone is 4. The van der Waals surface area contributed by atoms with E-state index in [9.17, 15) is 37.9 Å². The number of aliphatic hydroxyl groups excluding tert-OH is 3. The third-order valence-corrected chi connectivity index (χ3v) is 10.5. The van der Waals surface area contributed by atoms with Gasteiger partial charge in [0.25, 0.3) is 10.1 Å². The van der Waals surface area contributed by atoms with Crippen LogP contribution in [0.2, 0.25) is 0 Å². The van der Waals surface area contributed by atoms with E-state index in [1.807, 2.05) is 6.08 Å². The van der Waals surface area contributed by atoms with Gasteiger partial charge in [-0.3, -0.25) is 14.1 Å². The van der Waals surface area contributed by atoms with Gasteiger partial charge in [-0.1, -0.05) is 147 Å². The lowest BCUT2D eigenvalue weighted by atomic mass is 10.00. The third-order valence-electron chi connectivity index (χ3n) is 9.78. The molecule has 4 N–H and O–H groups in total. The second-order valence-electron chi connectivity index (χ2n) is 15.0. The van der Waals surface area contributed by atoms with Crippen LogP contribution >= 0.6 is 0 Å². The summed E-state index contributed by atoms with van der Waals surface area (Å²) in [5.41, 5.74) is 0. The van der Waals surface area contributed by atoms with Crippen LogP contribution in [-0.2, 0) is 38.7 Å². The molecule has 1 aliphatic heterocycles. The lowest BCUT2D eigenvalue weighted by Gasteiger charge is -2.40. The Balaban J connectivity index is 2.50. The van der Waals surface area contributed by atoms with Crippen molar-refractivity contribution in [2.45, 2.75) is 211 Å². The normalized spacial score (nSPS) is 21.0. The fourth-order valence-corrected chi connectivity index (χ4v) is 7.11. The number of hydrogen-bond acceptors (Lipinski definition) is 11. The lowest BCUT2D eigenvalue weighted by molar-refractivity contribution is -0.297. The molecule has 0 aromatic heterocycles. The second-order valence-corrected chi connectivity index (χ2v) is 16.5. The van der Waals surface area contributed by atoms with Gasteiger partial charge in [-0.15, -0.1) is 0 Å². The SMILES string of the molecule is CCCCCCCCCCC/C=C/C/C=C/CCCC(=O)O[C@H](COC(=O)CCCCCCCCCCCC)CO[C@H]1O[C@H](CS(=O)(=O)O)[C@@H](O)C(O)C1O. The summed E-state index contributed by atoms with van der Waals surface area (Å²) in [7, 11) is -4.60. The number of carbonyl (C=O) groups excluding carboxylic acids is 2. The quantitative estimate of drug-likeness (QED) is 0.0209. The smallest absolute Gasteiger partial charge is 0.306 e. The van der Waals surface area contributed by atoms with E-state index in [0.29, 0.717) is 19.3 Å². The zero-order chi connectivity index (χ0) is 40.6. The van der Waals surface area contributed by atoms with Crippen molar-refractivity contribution in [2.75, 3.05) is 19.0 Å². The highest BCUT2D eigenvalue weighted by atomic mass is 32.2. The zero-order valence-corrected chi connectivity index (χ0v) is 34.9. The van der Waals surface area contributed by atoms with E-state index in [1.54, 1.807) is 0 Å². The number of rotatable bonds is 35. The molecule has 0 saturated carbocycles. The van der Waals surface area contributed by atoms with Crippen molar-refractivity contribution in [2.24, 2.45) is 0 Å². The molecule has 55 heavy (non-hydrogen) atoms. The van der Waals surface area contributed by atoms with Gasteiger partial charge in [0.1, 0.15) is 36.8 Å². The molecule has 0 spiro atoms. The van der Waals surface area contributed by atoms with Crippen molar-refractivity contribution >= 4 is 22.1 Å². The summed E-state index contributed by atoms with van der Waals surface area (Å²) in [5, 5.41) is 30.8. The highest BCUT2D eigenvalue weighted by molar-refractivity contribution is 7.85. The molecule has 0 amide bonds. The molecule has 322 valence electrons. The molecular weight excluding hydrogens is 729 g/mol. The van der Waals surface area contributed by atoms with Crippen LogP contribution in [0.4, 0.5) is 0 Å². The van der Waals surface area contributed by atoms with Crippen LogP contribution in [0.5, 0.6) is 0 Å². The molecule has 0 aliphatic carbocycles. The van der Waals surface area contributed by atoms with Crippen LogP contribution in [0.3, 0.4) is 0 Å². The van der Waals surface area contributed by atoms with E-state index in [0.717, 1.165) is 32.1 Å². The largest absolute Gasteiger partial charge is 0.462 e. The van der Waals surface area contributed by atoms with Crippen molar-refractivity contribution in [3.8, 4) is 0 Å². The minimum absolute atomic E-state index is 0.103. The Kier molecular flexibility index (Phi) is 30.8. The number of aliphatic hydroxyl groups is 3. The van der Waals surface area contributed by atoms with Gasteiger partial charge in [-0.2, -0.15) is 8.42 Å². The first-order chi connectivity index (χ1) is 26.5.